The third-order valence-electron chi connectivity index (χ3n) is 2.29. The van der Waals surface area contributed by atoms with Gasteiger partial charge in [-0.1, -0.05) is 6.07 Å². The molecular formula is C11H10F3NO. The molecule has 2 nitrogen and oxygen atoms in total. The normalized spacial score (nSPS) is 13.2. The van der Waals surface area contributed by atoms with Gasteiger partial charge in [0.1, 0.15) is 0 Å². The first-order chi connectivity index (χ1) is 7.40. The summed E-state index contributed by atoms with van der Waals surface area (Å²) in [6.45, 7) is 1.64. The smallest absolute Gasteiger partial charge is 0.377 e. The molecule has 0 heterocycles. The second-order valence-electron chi connectivity index (χ2n) is 3.29. The molecule has 86 valence electrons. The van der Waals surface area contributed by atoms with Crippen molar-refractivity contribution >= 4 is 0 Å². The van der Waals surface area contributed by atoms with Gasteiger partial charge in [-0.25, -0.2) is 0 Å². The highest BCUT2D eigenvalue weighted by atomic mass is 19.4. The standard InChI is InChI=1S/C11H10F3NO/c1-7(16-2)8-3-4-9(6-15)10(5-8)11(12,13)14/h3-5,7H,1-2H3. The predicted octanol–water partition coefficient (Wildman–Crippen LogP) is 3.28. The van der Waals surface area contributed by atoms with E-state index in [1.165, 1.54) is 19.2 Å². The van der Waals surface area contributed by atoms with E-state index in [-0.39, 0.29) is 5.56 Å². The van der Waals surface area contributed by atoms with E-state index >= 15 is 0 Å². The summed E-state index contributed by atoms with van der Waals surface area (Å²) in [7, 11) is 1.41. The number of benzene rings is 1. The zero-order valence-electron chi connectivity index (χ0n) is 8.80. The molecule has 0 fully saturated rings. The van der Waals surface area contributed by atoms with Crippen LogP contribution >= 0.6 is 0 Å². The Labute approximate surface area is 91.3 Å². The van der Waals surface area contributed by atoms with Gasteiger partial charge < -0.3 is 4.74 Å². The highest BCUT2D eigenvalue weighted by Gasteiger charge is 2.34. The molecule has 1 unspecified atom stereocenters. The first-order valence-corrected chi connectivity index (χ1v) is 4.54. The number of hydrogen-bond acceptors (Lipinski definition) is 2. The Kier molecular flexibility index (Phi) is 3.55. The van der Waals surface area contributed by atoms with Crippen molar-refractivity contribution in [1.82, 2.24) is 0 Å². The molecule has 0 N–H and O–H groups in total. The quantitative estimate of drug-likeness (QED) is 0.779. The fourth-order valence-electron chi connectivity index (χ4n) is 1.28. The van der Waals surface area contributed by atoms with Gasteiger partial charge in [-0.15, -0.1) is 0 Å². The van der Waals surface area contributed by atoms with Gasteiger partial charge in [-0.2, -0.15) is 18.4 Å². The number of nitriles is 1. The molecule has 0 aromatic heterocycles. The van der Waals surface area contributed by atoms with Crippen molar-refractivity contribution in [2.24, 2.45) is 0 Å². The Bertz CT molecular complexity index is 420. The van der Waals surface area contributed by atoms with E-state index in [9.17, 15) is 13.2 Å². The SMILES string of the molecule is COC(C)c1ccc(C#N)c(C(F)(F)F)c1. The summed E-state index contributed by atoms with van der Waals surface area (Å²) in [6.07, 6.45) is -4.96. The molecule has 1 rings (SSSR count). The first-order valence-electron chi connectivity index (χ1n) is 4.54. The minimum Gasteiger partial charge on any atom is -0.377 e. The number of ether oxygens (including phenoxy) is 1. The summed E-state index contributed by atoms with van der Waals surface area (Å²) in [5.41, 5.74) is -0.898. The van der Waals surface area contributed by atoms with Crippen LogP contribution in [0.25, 0.3) is 0 Å². The number of methoxy groups -OCH3 is 1. The van der Waals surface area contributed by atoms with Gasteiger partial charge in [-0.05, 0) is 24.6 Å². The van der Waals surface area contributed by atoms with E-state index in [1.807, 2.05) is 0 Å². The van der Waals surface area contributed by atoms with E-state index < -0.39 is 17.8 Å². The zero-order chi connectivity index (χ0) is 12.3. The molecule has 1 aromatic rings. The first kappa shape index (κ1) is 12.5. The molecule has 0 radical (unpaired) electrons. The van der Waals surface area contributed by atoms with Gasteiger partial charge >= 0.3 is 6.18 Å². The van der Waals surface area contributed by atoms with Gasteiger partial charge in [0, 0.05) is 7.11 Å². The van der Waals surface area contributed by atoms with Crippen LogP contribution in [-0.2, 0) is 10.9 Å². The second kappa shape index (κ2) is 4.54. The van der Waals surface area contributed by atoms with Gasteiger partial charge in [0.15, 0.2) is 0 Å². The molecule has 5 heteroatoms. The van der Waals surface area contributed by atoms with Crippen molar-refractivity contribution in [1.29, 1.82) is 5.26 Å². The van der Waals surface area contributed by atoms with Crippen LogP contribution in [0.15, 0.2) is 18.2 Å². The average Bonchev–Trinajstić information content (AvgIpc) is 2.26. The maximum absolute atomic E-state index is 12.6. The van der Waals surface area contributed by atoms with E-state index in [0.29, 0.717) is 5.56 Å². The number of halogens is 3. The van der Waals surface area contributed by atoms with Crippen molar-refractivity contribution in [2.75, 3.05) is 7.11 Å². The number of rotatable bonds is 2. The number of hydrogen-bond donors (Lipinski definition) is 0. The monoisotopic (exact) mass is 229 g/mol. The third kappa shape index (κ3) is 2.52. The lowest BCUT2D eigenvalue weighted by Crippen LogP contribution is -2.09. The molecule has 0 amide bonds. The molecule has 1 atom stereocenters. The van der Waals surface area contributed by atoms with Gasteiger partial charge in [-0.3, -0.25) is 0 Å². The molecule has 0 saturated heterocycles. The fraction of sp³-hybridized carbons (Fsp3) is 0.364. The summed E-state index contributed by atoms with van der Waals surface area (Å²) < 4.78 is 42.7. The van der Waals surface area contributed by atoms with Crippen LogP contribution in [0.3, 0.4) is 0 Å². The van der Waals surface area contributed by atoms with Crippen LogP contribution in [0.4, 0.5) is 13.2 Å². The topological polar surface area (TPSA) is 33.0 Å². The van der Waals surface area contributed by atoms with Crippen LogP contribution in [0.1, 0.15) is 29.7 Å². The van der Waals surface area contributed by atoms with Gasteiger partial charge in [0.25, 0.3) is 0 Å². The Balaban J connectivity index is 3.29. The van der Waals surface area contributed by atoms with E-state index in [0.717, 1.165) is 12.1 Å². The summed E-state index contributed by atoms with van der Waals surface area (Å²) >= 11 is 0. The van der Waals surface area contributed by atoms with E-state index in [2.05, 4.69) is 0 Å². The van der Waals surface area contributed by atoms with Crippen molar-refractivity contribution in [3.8, 4) is 6.07 Å². The fourth-order valence-corrected chi connectivity index (χ4v) is 1.28. The summed E-state index contributed by atoms with van der Waals surface area (Å²) in [4.78, 5) is 0. The summed E-state index contributed by atoms with van der Waals surface area (Å²) in [6, 6.07) is 5.10. The Morgan fingerprint density at radius 1 is 1.38 bits per heavy atom. The molecule has 16 heavy (non-hydrogen) atoms. The molecule has 0 aliphatic heterocycles. The third-order valence-corrected chi connectivity index (χ3v) is 2.29. The lowest BCUT2D eigenvalue weighted by atomic mass is 10.0. The lowest BCUT2D eigenvalue weighted by molar-refractivity contribution is -0.137. The largest absolute Gasteiger partial charge is 0.417 e. The van der Waals surface area contributed by atoms with Crippen LogP contribution in [-0.4, -0.2) is 7.11 Å². The predicted molar refractivity (Wildman–Crippen MR) is 51.6 cm³/mol. The van der Waals surface area contributed by atoms with Crippen LogP contribution in [0, 0.1) is 11.3 Å². The Hall–Kier alpha value is -1.54. The van der Waals surface area contributed by atoms with Gasteiger partial charge in [0.2, 0.25) is 0 Å². The highest BCUT2D eigenvalue weighted by Crippen LogP contribution is 2.33. The van der Waals surface area contributed by atoms with E-state index in [4.69, 9.17) is 10.00 Å². The van der Waals surface area contributed by atoms with Crippen molar-refractivity contribution in [2.45, 2.75) is 19.2 Å². The molecule has 0 saturated carbocycles. The van der Waals surface area contributed by atoms with Gasteiger partial charge in [0.05, 0.1) is 23.3 Å². The summed E-state index contributed by atoms with van der Waals surface area (Å²) in [5.74, 6) is 0. The zero-order valence-corrected chi connectivity index (χ0v) is 8.80. The highest BCUT2D eigenvalue weighted by molar-refractivity contribution is 5.42. The van der Waals surface area contributed by atoms with Crippen molar-refractivity contribution < 1.29 is 17.9 Å². The summed E-state index contributed by atoms with van der Waals surface area (Å²) in [5, 5.41) is 8.59. The Morgan fingerprint density at radius 2 is 2.00 bits per heavy atom. The number of nitrogens with zero attached hydrogens (tertiary/aromatic N) is 1. The molecule has 0 spiro atoms. The molecule has 0 bridgehead atoms. The second-order valence-corrected chi connectivity index (χ2v) is 3.29. The number of alkyl halides is 3. The lowest BCUT2D eigenvalue weighted by Gasteiger charge is -2.14. The average molecular weight is 229 g/mol. The van der Waals surface area contributed by atoms with Crippen LogP contribution in [0.2, 0.25) is 0 Å². The minimum absolute atomic E-state index is 0.375. The van der Waals surface area contributed by atoms with Crippen molar-refractivity contribution in [3.63, 3.8) is 0 Å². The van der Waals surface area contributed by atoms with Crippen LogP contribution < -0.4 is 0 Å². The van der Waals surface area contributed by atoms with Crippen molar-refractivity contribution in [3.05, 3.63) is 34.9 Å². The molecule has 0 aliphatic rings. The minimum atomic E-state index is -4.52. The van der Waals surface area contributed by atoms with E-state index in [1.54, 1.807) is 6.92 Å². The maximum Gasteiger partial charge on any atom is 0.417 e. The molecule has 1 aromatic carbocycles. The molecular weight excluding hydrogens is 219 g/mol. The maximum atomic E-state index is 12.6. The Morgan fingerprint density at radius 3 is 2.44 bits per heavy atom. The molecule has 0 aliphatic carbocycles. The van der Waals surface area contributed by atoms with Crippen LogP contribution in [0.5, 0.6) is 0 Å².